The Labute approximate surface area is 153 Å². The maximum atomic E-state index is 13.4. The van der Waals surface area contributed by atoms with Crippen LogP contribution in [-0.4, -0.2) is 38.2 Å². The summed E-state index contributed by atoms with van der Waals surface area (Å²) in [5, 5.41) is 5.35. The Morgan fingerprint density at radius 3 is 2.77 bits per heavy atom. The summed E-state index contributed by atoms with van der Waals surface area (Å²) in [4.78, 5) is 20.1. The first kappa shape index (κ1) is 16.8. The molecule has 0 saturated carbocycles. The Hall–Kier alpha value is -2.69. The van der Waals surface area contributed by atoms with Crippen LogP contribution in [0.15, 0.2) is 36.4 Å². The van der Waals surface area contributed by atoms with Crippen LogP contribution in [0.1, 0.15) is 40.2 Å². The lowest BCUT2D eigenvalue weighted by atomic mass is 10.0. The van der Waals surface area contributed by atoms with E-state index >= 15 is 0 Å². The van der Waals surface area contributed by atoms with Crippen molar-refractivity contribution in [2.24, 2.45) is 7.05 Å². The van der Waals surface area contributed by atoms with Crippen molar-refractivity contribution in [2.45, 2.75) is 39.2 Å². The average Bonchev–Trinajstić information content (AvgIpc) is 3.19. The van der Waals surface area contributed by atoms with Crippen LogP contribution < -0.4 is 0 Å². The molecule has 1 atom stereocenters. The molecule has 1 unspecified atom stereocenters. The summed E-state index contributed by atoms with van der Waals surface area (Å²) >= 11 is 0. The molecule has 4 rings (SSSR count). The fraction of sp³-hybridized carbons (Fsp3) is 0.381. The van der Waals surface area contributed by atoms with E-state index in [-0.39, 0.29) is 11.9 Å². The Balaban J connectivity index is 1.70. The monoisotopic (exact) mass is 348 g/mol. The summed E-state index contributed by atoms with van der Waals surface area (Å²) in [6.45, 7) is 4.70. The minimum atomic E-state index is 0.107. The highest BCUT2D eigenvalue weighted by atomic mass is 16.2. The van der Waals surface area contributed by atoms with E-state index in [1.807, 2.05) is 37.9 Å². The van der Waals surface area contributed by atoms with Crippen molar-refractivity contribution in [1.29, 1.82) is 0 Å². The second-order valence-corrected chi connectivity index (χ2v) is 7.20. The molecular weight excluding hydrogens is 324 g/mol. The highest BCUT2D eigenvalue weighted by Crippen LogP contribution is 2.28. The topological polar surface area (TPSA) is 51.0 Å². The molecule has 1 aromatic carbocycles. The molecule has 5 heteroatoms. The van der Waals surface area contributed by atoms with Gasteiger partial charge in [-0.25, -0.2) is 4.98 Å². The van der Waals surface area contributed by atoms with Gasteiger partial charge in [0.2, 0.25) is 0 Å². The molecule has 5 nitrogen and oxygen atoms in total. The van der Waals surface area contributed by atoms with Crippen LogP contribution in [0, 0.1) is 13.8 Å². The predicted molar refractivity (Wildman–Crippen MR) is 102 cm³/mol. The van der Waals surface area contributed by atoms with Gasteiger partial charge in [0.05, 0.1) is 16.6 Å². The normalized spacial score (nSPS) is 17.2. The molecule has 3 aromatic rings. The number of pyridine rings is 1. The second kappa shape index (κ2) is 6.56. The minimum Gasteiger partial charge on any atom is -0.335 e. The number of aromatic nitrogens is 3. The number of rotatable bonds is 3. The maximum absolute atomic E-state index is 13.4. The Morgan fingerprint density at radius 1 is 1.23 bits per heavy atom. The summed E-state index contributed by atoms with van der Waals surface area (Å²) in [5.41, 5.74) is 4.51. The minimum absolute atomic E-state index is 0.107. The molecule has 1 saturated heterocycles. The Bertz CT molecular complexity index is 961. The summed E-state index contributed by atoms with van der Waals surface area (Å²) < 4.78 is 1.76. The molecule has 26 heavy (non-hydrogen) atoms. The first-order valence-corrected chi connectivity index (χ1v) is 9.20. The van der Waals surface area contributed by atoms with Gasteiger partial charge in [-0.1, -0.05) is 30.3 Å². The van der Waals surface area contributed by atoms with Crippen molar-refractivity contribution >= 4 is 16.9 Å². The standard InChI is InChI=1S/C21H24N4O/c1-14-12-18(19-15(2)23-24(3)20(19)22-14)21(26)25-11-7-10-17(25)13-16-8-5-4-6-9-16/h4-6,8-9,12,17H,7,10-11,13H2,1-3H3. The number of hydrogen-bond acceptors (Lipinski definition) is 3. The molecule has 2 aromatic heterocycles. The van der Waals surface area contributed by atoms with Gasteiger partial charge >= 0.3 is 0 Å². The van der Waals surface area contributed by atoms with Crippen LogP contribution in [0.3, 0.4) is 0 Å². The molecule has 1 aliphatic heterocycles. The van der Waals surface area contributed by atoms with Crippen molar-refractivity contribution in [1.82, 2.24) is 19.7 Å². The molecular formula is C21H24N4O. The number of likely N-dealkylation sites (tertiary alicyclic amines) is 1. The van der Waals surface area contributed by atoms with Crippen LogP contribution in [0.4, 0.5) is 0 Å². The van der Waals surface area contributed by atoms with E-state index in [9.17, 15) is 4.79 Å². The number of hydrogen-bond donors (Lipinski definition) is 0. The number of carbonyl (C=O) groups is 1. The van der Waals surface area contributed by atoms with Crippen LogP contribution in [0.25, 0.3) is 11.0 Å². The second-order valence-electron chi connectivity index (χ2n) is 7.20. The van der Waals surface area contributed by atoms with Crippen molar-refractivity contribution in [3.63, 3.8) is 0 Å². The Morgan fingerprint density at radius 2 is 2.00 bits per heavy atom. The van der Waals surface area contributed by atoms with Gasteiger partial charge < -0.3 is 4.90 Å². The van der Waals surface area contributed by atoms with Crippen molar-refractivity contribution < 1.29 is 4.79 Å². The number of amides is 1. The van der Waals surface area contributed by atoms with E-state index in [4.69, 9.17) is 0 Å². The summed E-state index contributed by atoms with van der Waals surface area (Å²) in [5.74, 6) is 0.107. The van der Waals surface area contributed by atoms with Gasteiger partial charge in [0.1, 0.15) is 0 Å². The van der Waals surface area contributed by atoms with Crippen molar-refractivity contribution in [3.8, 4) is 0 Å². The van der Waals surface area contributed by atoms with Gasteiger partial charge in [-0.05, 0) is 44.7 Å². The lowest BCUT2D eigenvalue weighted by Gasteiger charge is -2.25. The number of fused-ring (bicyclic) bond motifs is 1. The predicted octanol–water partition coefficient (Wildman–Crippen LogP) is 3.43. The molecule has 1 aliphatic rings. The highest BCUT2D eigenvalue weighted by Gasteiger charge is 2.31. The fourth-order valence-electron chi connectivity index (χ4n) is 4.09. The van der Waals surface area contributed by atoms with Gasteiger partial charge in [-0.15, -0.1) is 0 Å². The first-order chi connectivity index (χ1) is 12.5. The summed E-state index contributed by atoms with van der Waals surface area (Å²) in [7, 11) is 1.88. The molecule has 0 spiro atoms. The largest absolute Gasteiger partial charge is 0.335 e. The third kappa shape index (κ3) is 2.87. The van der Waals surface area contributed by atoms with Gasteiger partial charge in [0.25, 0.3) is 5.91 Å². The van der Waals surface area contributed by atoms with E-state index in [0.29, 0.717) is 0 Å². The zero-order valence-corrected chi connectivity index (χ0v) is 15.6. The third-order valence-electron chi connectivity index (χ3n) is 5.28. The fourth-order valence-corrected chi connectivity index (χ4v) is 4.09. The molecule has 1 amide bonds. The van der Waals surface area contributed by atoms with Crippen LogP contribution in [0.5, 0.6) is 0 Å². The number of carbonyl (C=O) groups excluding carboxylic acids is 1. The molecule has 134 valence electrons. The zero-order valence-electron chi connectivity index (χ0n) is 15.6. The van der Waals surface area contributed by atoms with Crippen LogP contribution in [0.2, 0.25) is 0 Å². The summed E-state index contributed by atoms with van der Waals surface area (Å²) in [6, 6.07) is 12.6. The van der Waals surface area contributed by atoms with Crippen LogP contribution >= 0.6 is 0 Å². The van der Waals surface area contributed by atoms with E-state index in [1.54, 1.807) is 4.68 Å². The molecule has 0 bridgehead atoms. The van der Waals surface area contributed by atoms with Gasteiger partial charge in [-0.3, -0.25) is 9.48 Å². The van der Waals surface area contributed by atoms with Crippen molar-refractivity contribution in [2.75, 3.05) is 6.54 Å². The number of benzene rings is 1. The zero-order chi connectivity index (χ0) is 18.3. The van der Waals surface area contributed by atoms with Gasteiger partial charge in [0, 0.05) is 25.3 Å². The Kier molecular flexibility index (Phi) is 4.23. The van der Waals surface area contributed by atoms with E-state index in [1.165, 1.54) is 5.56 Å². The number of nitrogens with zero attached hydrogens (tertiary/aromatic N) is 4. The average molecular weight is 348 g/mol. The molecule has 3 heterocycles. The SMILES string of the molecule is Cc1cc(C(=O)N2CCCC2Cc2ccccc2)c2c(C)nn(C)c2n1. The quantitative estimate of drug-likeness (QED) is 0.729. The van der Waals surface area contributed by atoms with E-state index in [2.05, 4.69) is 34.3 Å². The lowest BCUT2D eigenvalue weighted by Crippen LogP contribution is -2.37. The van der Waals surface area contributed by atoms with Crippen molar-refractivity contribution in [3.05, 3.63) is 58.9 Å². The lowest BCUT2D eigenvalue weighted by molar-refractivity contribution is 0.0738. The van der Waals surface area contributed by atoms with E-state index < -0.39 is 0 Å². The third-order valence-corrected chi connectivity index (χ3v) is 5.28. The molecule has 0 N–H and O–H groups in total. The maximum Gasteiger partial charge on any atom is 0.254 e. The van der Waals surface area contributed by atoms with Gasteiger partial charge in [-0.2, -0.15) is 5.10 Å². The molecule has 0 aliphatic carbocycles. The van der Waals surface area contributed by atoms with Gasteiger partial charge in [0.15, 0.2) is 5.65 Å². The molecule has 0 radical (unpaired) electrons. The van der Waals surface area contributed by atoms with Crippen LogP contribution in [-0.2, 0) is 13.5 Å². The van der Waals surface area contributed by atoms with E-state index in [0.717, 1.165) is 53.8 Å². The first-order valence-electron chi connectivity index (χ1n) is 9.20. The highest BCUT2D eigenvalue weighted by molar-refractivity contribution is 6.06. The molecule has 1 fully saturated rings. The summed E-state index contributed by atoms with van der Waals surface area (Å²) in [6.07, 6.45) is 3.02. The smallest absolute Gasteiger partial charge is 0.254 e. The number of aryl methyl sites for hydroxylation is 3.